The smallest absolute Gasteiger partial charge is 0.323 e. The lowest BCUT2D eigenvalue weighted by Gasteiger charge is -2.28. The summed E-state index contributed by atoms with van der Waals surface area (Å²) >= 11 is 0. The largest absolute Gasteiger partial charge is 0.480 e. The van der Waals surface area contributed by atoms with Gasteiger partial charge in [0.1, 0.15) is 12.8 Å². The Labute approximate surface area is 175 Å². The van der Waals surface area contributed by atoms with Gasteiger partial charge < -0.3 is 14.8 Å². The maximum Gasteiger partial charge on any atom is 0.323 e. The lowest BCUT2D eigenvalue weighted by molar-refractivity contribution is -0.149. The number of Topliss-reactive ketones (excluding diaryl/α,β-unsaturated/α-hetero) is 1. The van der Waals surface area contributed by atoms with Crippen LogP contribution < -0.4 is 0 Å². The first kappa shape index (κ1) is 25.3. The molecule has 166 valence electrons. The molecule has 6 nitrogen and oxygen atoms in total. The molecule has 0 bridgehead atoms. The molecule has 0 unspecified atom stereocenters. The van der Waals surface area contributed by atoms with Crippen LogP contribution in [0, 0.1) is 0 Å². The summed E-state index contributed by atoms with van der Waals surface area (Å²) in [4.78, 5) is 48.8. The van der Waals surface area contributed by atoms with Crippen LogP contribution >= 0.6 is 0 Å². The van der Waals surface area contributed by atoms with Crippen molar-refractivity contribution in [3.63, 3.8) is 0 Å². The molecular formula is C23H39NO5. The molecular weight excluding hydrogens is 370 g/mol. The number of carbonyl (C=O) groups is 4. The van der Waals surface area contributed by atoms with Gasteiger partial charge in [-0.3, -0.25) is 14.4 Å². The Kier molecular flexibility index (Phi) is 14.1. The van der Waals surface area contributed by atoms with Crippen LogP contribution in [0.3, 0.4) is 0 Å². The van der Waals surface area contributed by atoms with Crippen LogP contribution in [0.5, 0.6) is 0 Å². The third-order valence-corrected chi connectivity index (χ3v) is 5.76. The first-order chi connectivity index (χ1) is 14.1. The minimum Gasteiger partial charge on any atom is -0.480 e. The van der Waals surface area contributed by atoms with Crippen LogP contribution in [0.25, 0.3) is 0 Å². The van der Waals surface area contributed by atoms with Crippen molar-refractivity contribution in [2.24, 2.45) is 0 Å². The van der Waals surface area contributed by atoms with E-state index in [1.807, 2.05) is 0 Å². The molecule has 0 aromatic rings. The summed E-state index contributed by atoms with van der Waals surface area (Å²) in [5, 5.41) is 9.21. The Morgan fingerprint density at radius 2 is 1.21 bits per heavy atom. The van der Waals surface area contributed by atoms with Crippen molar-refractivity contribution in [1.82, 2.24) is 4.90 Å². The summed E-state index contributed by atoms with van der Waals surface area (Å²) in [5.74, 6) is -1.68. The van der Waals surface area contributed by atoms with E-state index >= 15 is 0 Å². The average Bonchev–Trinajstić information content (AvgIpc) is 2.69. The second-order valence-electron chi connectivity index (χ2n) is 8.25. The molecule has 0 aliphatic carbocycles. The average molecular weight is 410 g/mol. The van der Waals surface area contributed by atoms with Gasteiger partial charge in [0.15, 0.2) is 5.78 Å². The monoisotopic (exact) mass is 409 g/mol. The molecule has 1 N–H and O–H groups in total. The van der Waals surface area contributed by atoms with E-state index in [4.69, 9.17) is 0 Å². The number of carbonyl (C=O) groups excluding carboxylic acids is 3. The minimum absolute atomic E-state index is 0.127. The highest BCUT2D eigenvalue weighted by Crippen LogP contribution is 2.17. The molecule has 1 fully saturated rings. The van der Waals surface area contributed by atoms with Crippen molar-refractivity contribution in [3.8, 4) is 0 Å². The molecule has 1 heterocycles. The fraction of sp³-hybridized carbons (Fsp3) is 0.826. The molecule has 1 rings (SSSR count). The second kappa shape index (κ2) is 16.1. The van der Waals surface area contributed by atoms with Crippen LogP contribution in [-0.4, -0.2) is 46.5 Å². The van der Waals surface area contributed by atoms with E-state index in [9.17, 15) is 24.3 Å². The number of aldehydes is 1. The minimum atomic E-state index is -1.16. The molecule has 0 spiro atoms. The lowest BCUT2D eigenvalue weighted by atomic mass is 9.99. The zero-order valence-electron chi connectivity index (χ0n) is 17.9. The SMILES string of the molecule is O=CC[C@H]1C(=O)CCCCCCCCCCCCCCCCC(=O)N1CC(=O)O. The van der Waals surface area contributed by atoms with Gasteiger partial charge in [0.05, 0.1) is 6.04 Å². The van der Waals surface area contributed by atoms with Crippen molar-refractivity contribution in [1.29, 1.82) is 0 Å². The van der Waals surface area contributed by atoms with Crippen LogP contribution in [0.2, 0.25) is 0 Å². The maximum absolute atomic E-state index is 12.7. The summed E-state index contributed by atoms with van der Waals surface area (Å²) in [6.07, 6.45) is 16.5. The van der Waals surface area contributed by atoms with Gasteiger partial charge in [0.2, 0.25) is 5.91 Å². The Balaban J connectivity index is 2.73. The number of amides is 1. The lowest BCUT2D eigenvalue weighted by Crippen LogP contribution is -2.47. The van der Waals surface area contributed by atoms with Gasteiger partial charge in [-0.05, 0) is 12.8 Å². The summed E-state index contributed by atoms with van der Waals surface area (Å²) in [7, 11) is 0. The zero-order valence-corrected chi connectivity index (χ0v) is 17.9. The first-order valence-corrected chi connectivity index (χ1v) is 11.5. The summed E-state index contributed by atoms with van der Waals surface area (Å²) in [6, 6.07) is -0.943. The Morgan fingerprint density at radius 1 is 0.793 bits per heavy atom. The van der Waals surface area contributed by atoms with Gasteiger partial charge in [-0.15, -0.1) is 0 Å². The van der Waals surface area contributed by atoms with E-state index in [2.05, 4.69) is 0 Å². The van der Waals surface area contributed by atoms with Crippen LogP contribution in [0.1, 0.15) is 109 Å². The van der Waals surface area contributed by atoms with Crippen LogP contribution in [0.15, 0.2) is 0 Å². The molecule has 6 heteroatoms. The summed E-state index contributed by atoms with van der Waals surface area (Å²) in [5.41, 5.74) is 0. The van der Waals surface area contributed by atoms with Crippen molar-refractivity contribution >= 4 is 23.9 Å². The molecule has 1 aliphatic heterocycles. The van der Waals surface area contributed by atoms with E-state index in [1.54, 1.807) is 0 Å². The third-order valence-electron chi connectivity index (χ3n) is 5.76. The zero-order chi connectivity index (χ0) is 21.3. The molecule has 1 atom stereocenters. The van der Waals surface area contributed by atoms with Crippen LogP contribution in [0.4, 0.5) is 0 Å². The summed E-state index contributed by atoms with van der Waals surface area (Å²) in [6.45, 7) is -0.525. The van der Waals surface area contributed by atoms with Gasteiger partial charge in [-0.1, -0.05) is 77.0 Å². The maximum atomic E-state index is 12.7. The standard InChI is InChI=1S/C23H39NO5/c25-18-17-20-21(26)15-13-11-9-7-5-3-1-2-4-6-8-10-12-14-16-22(27)24(20)19-23(28)29/h18,20H,1-17,19H2,(H,28,29)/t20-/m0/s1. The van der Waals surface area contributed by atoms with Crippen LogP contribution in [-0.2, 0) is 19.2 Å². The number of nitrogens with zero attached hydrogens (tertiary/aromatic N) is 1. The normalized spacial score (nSPS) is 22.8. The van der Waals surface area contributed by atoms with Crippen molar-refractivity contribution in [2.75, 3.05) is 6.54 Å². The number of aliphatic carboxylic acids is 1. The van der Waals surface area contributed by atoms with Gasteiger partial charge in [-0.2, -0.15) is 0 Å². The number of carboxylic acids is 1. The molecule has 0 aromatic carbocycles. The van der Waals surface area contributed by atoms with Crippen molar-refractivity contribution < 1.29 is 24.3 Å². The van der Waals surface area contributed by atoms with Gasteiger partial charge in [0.25, 0.3) is 0 Å². The number of carboxylic acid groups (broad SMARTS) is 1. The Morgan fingerprint density at radius 3 is 1.62 bits per heavy atom. The van der Waals surface area contributed by atoms with E-state index in [0.717, 1.165) is 37.0 Å². The highest BCUT2D eigenvalue weighted by molar-refractivity contribution is 5.92. The molecule has 0 saturated carbocycles. The topological polar surface area (TPSA) is 91.8 Å². The van der Waals surface area contributed by atoms with E-state index in [1.165, 1.54) is 51.4 Å². The number of hydrogen-bond donors (Lipinski definition) is 1. The molecule has 1 saturated heterocycles. The summed E-state index contributed by atoms with van der Waals surface area (Å²) < 4.78 is 0. The number of hydrogen-bond acceptors (Lipinski definition) is 4. The molecule has 29 heavy (non-hydrogen) atoms. The predicted molar refractivity (Wildman–Crippen MR) is 113 cm³/mol. The molecule has 1 amide bonds. The van der Waals surface area contributed by atoms with E-state index < -0.39 is 18.6 Å². The number of ketones is 1. The molecule has 0 radical (unpaired) electrons. The number of rotatable bonds is 4. The Hall–Kier alpha value is -1.72. The van der Waals surface area contributed by atoms with Gasteiger partial charge in [-0.25, -0.2) is 0 Å². The predicted octanol–water partition coefficient (Wildman–Crippen LogP) is 4.68. The van der Waals surface area contributed by atoms with Crippen molar-refractivity contribution in [3.05, 3.63) is 0 Å². The van der Waals surface area contributed by atoms with Crippen molar-refractivity contribution in [2.45, 2.75) is 115 Å². The first-order valence-electron chi connectivity index (χ1n) is 11.5. The third kappa shape index (κ3) is 11.8. The molecule has 1 aliphatic rings. The fourth-order valence-electron chi connectivity index (χ4n) is 4.05. The fourth-order valence-corrected chi connectivity index (χ4v) is 4.05. The van der Waals surface area contributed by atoms with E-state index in [-0.39, 0.29) is 24.5 Å². The van der Waals surface area contributed by atoms with Gasteiger partial charge in [0, 0.05) is 19.3 Å². The Bertz CT molecular complexity index is 505. The van der Waals surface area contributed by atoms with E-state index in [0.29, 0.717) is 19.1 Å². The highest BCUT2D eigenvalue weighted by Gasteiger charge is 2.30. The second-order valence-corrected chi connectivity index (χ2v) is 8.25. The molecule has 0 aromatic heterocycles. The van der Waals surface area contributed by atoms with Gasteiger partial charge >= 0.3 is 5.97 Å². The quantitative estimate of drug-likeness (QED) is 0.681. The highest BCUT2D eigenvalue weighted by atomic mass is 16.4.